The largest absolute Gasteiger partial charge is 0.468 e. The van der Waals surface area contributed by atoms with Gasteiger partial charge >= 0.3 is 11.8 Å². The summed E-state index contributed by atoms with van der Waals surface area (Å²) in [5, 5.41) is 5.26. The molecule has 0 radical (unpaired) electrons. The average molecular weight is 400 g/mol. The summed E-state index contributed by atoms with van der Waals surface area (Å²) < 4.78 is 10.5. The van der Waals surface area contributed by atoms with Crippen LogP contribution in [0.1, 0.15) is 11.8 Å². The van der Waals surface area contributed by atoms with Crippen molar-refractivity contribution in [3.05, 3.63) is 54.5 Å². The first-order valence-electron chi connectivity index (χ1n) is 9.81. The molecule has 1 fully saturated rings. The average Bonchev–Trinajstić information content (AvgIpc) is 3.29. The number of hydrogen-bond donors (Lipinski definition) is 2. The van der Waals surface area contributed by atoms with Crippen molar-refractivity contribution in [3.8, 4) is 0 Å². The third-order valence-electron chi connectivity index (χ3n) is 5.00. The molecule has 1 atom stereocenters. The van der Waals surface area contributed by atoms with Crippen molar-refractivity contribution in [1.29, 1.82) is 0 Å². The number of carbonyl (C=O) groups excluding carboxylic acids is 2. The van der Waals surface area contributed by atoms with Crippen LogP contribution in [0.2, 0.25) is 0 Å². The predicted molar refractivity (Wildman–Crippen MR) is 110 cm³/mol. The van der Waals surface area contributed by atoms with Gasteiger partial charge in [-0.1, -0.05) is 18.2 Å². The van der Waals surface area contributed by atoms with E-state index in [4.69, 9.17) is 9.15 Å². The standard InChI is InChI=1S/C21H28N4O4/c1-28-15-9-22-20(26)21(27)23-16-18(19-8-5-14-29-19)25-12-10-24(11-13-25)17-6-3-2-4-7-17/h2-8,14,18H,9-13,15-16H2,1H3,(H,22,26)(H,23,27)/t18-/m0/s1. The number of methoxy groups -OCH3 is 1. The van der Waals surface area contributed by atoms with E-state index in [1.807, 2.05) is 30.3 Å². The summed E-state index contributed by atoms with van der Waals surface area (Å²) in [5.41, 5.74) is 1.21. The van der Waals surface area contributed by atoms with Gasteiger partial charge < -0.3 is 24.7 Å². The van der Waals surface area contributed by atoms with E-state index in [1.165, 1.54) is 12.8 Å². The second kappa shape index (κ2) is 10.6. The number of ether oxygens (including phenoxy) is 1. The van der Waals surface area contributed by atoms with E-state index in [0.717, 1.165) is 31.9 Å². The first-order valence-corrected chi connectivity index (χ1v) is 9.81. The van der Waals surface area contributed by atoms with Gasteiger partial charge in [-0.05, 0) is 24.3 Å². The Morgan fingerprint density at radius 2 is 1.76 bits per heavy atom. The summed E-state index contributed by atoms with van der Waals surface area (Å²) in [6.45, 7) is 4.38. The highest BCUT2D eigenvalue weighted by Gasteiger charge is 2.28. The van der Waals surface area contributed by atoms with Crippen molar-refractivity contribution in [2.24, 2.45) is 0 Å². The molecule has 0 aliphatic carbocycles. The van der Waals surface area contributed by atoms with E-state index in [0.29, 0.717) is 19.7 Å². The molecule has 1 aliphatic rings. The highest BCUT2D eigenvalue weighted by atomic mass is 16.5. The molecule has 3 rings (SSSR count). The lowest BCUT2D eigenvalue weighted by Gasteiger charge is -2.39. The summed E-state index contributed by atoms with van der Waals surface area (Å²) in [6.07, 6.45) is 1.63. The van der Waals surface area contributed by atoms with Crippen molar-refractivity contribution >= 4 is 17.5 Å². The molecular formula is C21H28N4O4. The van der Waals surface area contributed by atoms with E-state index in [1.54, 1.807) is 6.26 Å². The molecular weight excluding hydrogens is 372 g/mol. The zero-order valence-corrected chi connectivity index (χ0v) is 16.7. The predicted octanol–water partition coefficient (Wildman–Crippen LogP) is 1.02. The lowest BCUT2D eigenvalue weighted by atomic mass is 10.1. The van der Waals surface area contributed by atoms with Gasteiger partial charge in [0.25, 0.3) is 0 Å². The number of anilines is 1. The summed E-state index contributed by atoms with van der Waals surface area (Å²) in [7, 11) is 1.54. The maximum Gasteiger partial charge on any atom is 0.309 e. The lowest BCUT2D eigenvalue weighted by Crippen LogP contribution is -2.50. The fourth-order valence-corrected chi connectivity index (χ4v) is 3.44. The Hall–Kier alpha value is -2.84. The number of piperazine rings is 1. The highest BCUT2D eigenvalue weighted by Crippen LogP contribution is 2.24. The van der Waals surface area contributed by atoms with Gasteiger partial charge in [0.1, 0.15) is 5.76 Å². The van der Waals surface area contributed by atoms with Crippen LogP contribution >= 0.6 is 0 Å². The van der Waals surface area contributed by atoms with Gasteiger partial charge in [-0.15, -0.1) is 0 Å². The molecule has 2 aromatic rings. The number of para-hydroxylation sites is 1. The summed E-state index contributed by atoms with van der Waals surface area (Å²) in [6, 6.07) is 13.9. The first-order chi connectivity index (χ1) is 14.2. The Labute approximate surface area is 170 Å². The normalized spacial score (nSPS) is 15.7. The molecule has 1 aromatic carbocycles. The van der Waals surface area contributed by atoms with Crippen LogP contribution in [-0.4, -0.2) is 69.7 Å². The van der Waals surface area contributed by atoms with Crippen molar-refractivity contribution in [3.63, 3.8) is 0 Å². The molecule has 2 N–H and O–H groups in total. The number of amides is 2. The second-order valence-corrected chi connectivity index (χ2v) is 6.85. The number of hydrogen-bond acceptors (Lipinski definition) is 6. The van der Waals surface area contributed by atoms with Gasteiger partial charge in [0.05, 0.1) is 18.9 Å². The second-order valence-electron chi connectivity index (χ2n) is 6.85. The fourth-order valence-electron chi connectivity index (χ4n) is 3.44. The molecule has 8 nitrogen and oxygen atoms in total. The van der Waals surface area contributed by atoms with Crippen LogP contribution in [0.5, 0.6) is 0 Å². The Morgan fingerprint density at radius 1 is 1.03 bits per heavy atom. The summed E-state index contributed by atoms with van der Waals surface area (Å²) in [4.78, 5) is 28.6. The highest BCUT2D eigenvalue weighted by molar-refractivity contribution is 6.35. The van der Waals surface area contributed by atoms with Crippen molar-refractivity contribution in [2.45, 2.75) is 6.04 Å². The fraction of sp³-hybridized carbons (Fsp3) is 0.429. The molecule has 0 spiro atoms. The number of benzene rings is 1. The van der Waals surface area contributed by atoms with Gasteiger partial charge in [-0.25, -0.2) is 0 Å². The van der Waals surface area contributed by atoms with E-state index >= 15 is 0 Å². The third kappa shape index (κ3) is 5.82. The van der Waals surface area contributed by atoms with Crippen LogP contribution in [0, 0.1) is 0 Å². The van der Waals surface area contributed by atoms with E-state index in [9.17, 15) is 9.59 Å². The maximum atomic E-state index is 12.1. The van der Waals surface area contributed by atoms with E-state index in [-0.39, 0.29) is 6.04 Å². The van der Waals surface area contributed by atoms with E-state index < -0.39 is 11.8 Å². The molecule has 1 aromatic heterocycles. The zero-order chi connectivity index (χ0) is 20.5. The lowest BCUT2D eigenvalue weighted by molar-refractivity contribution is -0.139. The minimum atomic E-state index is -0.658. The number of rotatable bonds is 8. The van der Waals surface area contributed by atoms with Gasteiger partial charge in [0.2, 0.25) is 0 Å². The molecule has 156 valence electrons. The van der Waals surface area contributed by atoms with Crippen molar-refractivity contribution in [2.75, 3.05) is 57.9 Å². The molecule has 2 amide bonds. The van der Waals surface area contributed by atoms with Crippen LogP contribution in [0.4, 0.5) is 5.69 Å². The Morgan fingerprint density at radius 3 is 2.41 bits per heavy atom. The minimum Gasteiger partial charge on any atom is -0.468 e. The Kier molecular flexibility index (Phi) is 7.66. The Bertz CT molecular complexity index is 758. The van der Waals surface area contributed by atoms with Gasteiger partial charge in [-0.3, -0.25) is 14.5 Å². The topological polar surface area (TPSA) is 87.0 Å². The van der Waals surface area contributed by atoms with Gasteiger partial charge in [0.15, 0.2) is 0 Å². The number of nitrogens with zero attached hydrogens (tertiary/aromatic N) is 2. The van der Waals surface area contributed by atoms with Crippen molar-refractivity contribution < 1.29 is 18.7 Å². The van der Waals surface area contributed by atoms with Crippen LogP contribution in [0.25, 0.3) is 0 Å². The number of carbonyl (C=O) groups is 2. The number of furan rings is 1. The molecule has 1 saturated heterocycles. The molecule has 2 heterocycles. The van der Waals surface area contributed by atoms with Gasteiger partial charge in [-0.2, -0.15) is 0 Å². The van der Waals surface area contributed by atoms with Crippen molar-refractivity contribution in [1.82, 2.24) is 15.5 Å². The Balaban J connectivity index is 1.56. The first kappa shape index (κ1) is 20.9. The van der Waals surface area contributed by atoms with E-state index in [2.05, 4.69) is 32.6 Å². The quantitative estimate of drug-likeness (QED) is 0.508. The molecule has 0 saturated carbocycles. The SMILES string of the molecule is COCCNC(=O)C(=O)NC[C@@H](c1ccco1)N1CCN(c2ccccc2)CC1. The summed E-state index contributed by atoms with van der Waals surface area (Å²) in [5.74, 6) is -0.534. The maximum absolute atomic E-state index is 12.1. The minimum absolute atomic E-state index is 0.126. The summed E-state index contributed by atoms with van der Waals surface area (Å²) >= 11 is 0. The molecule has 1 aliphatic heterocycles. The van der Waals surface area contributed by atoms with Crippen LogP contribution < -0.4 is 15.5 Å². The van der Waals surface area contributed by atoms with Gasteiger partial charge in [0, 0.05) is 52.1 Å². The molecule has 0 unspecified atom stereocenters. The molecule has 29 heavy (non-hydrogen) atoms. The monoisotopic (exact) mass is 400 g/mol. The molecule has 0 bridgehead atoms. The van der Waals surface area contributed by atoms with Crippen LogP contribution in [0.3, 0.4) is 0 Å². The smallest absolute Gasteiger partial charge is 0.309 e. The third-order valence-corrected chi connectivity index (χ3v) is 5.00. The molecule has 8 heteroatoms. The number of nitrogens with one attached hydrogen (secondary N) is 2. The van der Waals surface area contributed by atoms with Crippen LogP contribution in [0.15, 0.2) is 53.1 Å². The zero-order valence-electron chi connectivity index (χ0n) is 16.7. The van der Waals surface area contributed by atoms with Crippen LogP contribution in [-0.2, 0) is 14.3 Å².